The summed E-state index contributed by atoms with van der Waals surface area (Å²) < 4.78 is 4.04. The van der Waals surface area contributed by atoms with Crippen molar-refractivity contribution in [1.82, 2.24) is 10.1 Å². The summed E-state index contributed by atoms with van der Waals surface area (Å²) in [6.45, 7) is 0. The summed E-state index contributed by atoms with van der Waals surface area (Å²) in [5.74, 6) is 0. The Morgan fingerprint density at radius 3 is 1.91 bits per heavy atom. The van der Waals surface area contributed by atoms with E-state index in [0.29, 0.717) is 0 Å². The summed E-state index contributed by atoms with van der Waals surface area (Å²) >= 11 is 0. The predicted octanol–water partition coefficient (Wildman–Crippen LogP) is -0.118. The van der Waals surface area contributed by atoms with E-state index in [9.17, 15) is 0 Å². The van der Waals surface area contributed by atoms with Crippen molar-refractivity contribution in [3.63, 3.8) is 0 Å². The maximum absolute atomic E-state index is 6.92. The minimum atomic E-state index is 0. The Bertz CT molecular complexity index is 85.8. The molecular weight excluding hydrogens is 451 g/mol. The van der Waals surface area contributed by atoms with Crippen LogP contribution in [0.25, 0.3) is 0 Å². The molecule has 1 atom stereocenters. The molecule has 2 radical (unpaired) electrons. The van der Waals surface area contributed by atoms with Crippen LogP contribution in [0.4, 0.5) is 0 Å². The van der Waals surface area contributed by atoms with Gasteiger partial charge in [-0.1, -0.05) is 0 Å². The van der Waals surface area contributed by atoms with Crippen LogP contribution in [0.1, 0.15) is 0 Å². The molecule has 0 saturated heterocycles. The first-order valence-electron chi connectivity index (χ1n) is 1.32. The van der Waals surface area contributed by atoms with E-state index < -0.39 is 0 Å². The smallest absolute Gasteiger partial charge is 0 e. The minimum Gasteiger partial charge on any atom is -0.618 e. The van der Waals surface area contributed by atoms with Gasteiger partial charge >= 0.3 is 0 Å². The van der Waals surface area contributed by atoms with Crippen LogP contribution >= 0.6 is 9.47 Å². The van der Waals surface area contributed by atoms with Gasteiger partial charge in [-0.3, -0.25) is 6.33 Å². The molecule has 0 saturated carbocycles. The van der Waals surface area contributed by atoms with Gasteiger partial charge in [0.05, 0.1) is 0 Å². The number of hydrogen-bond donors (Lipinski definition) is 1. The number of aromatic nitrogens is 2. The van der Waals surface area contributed by atoms with Gasteiger partial charge in [0.1, 0.15) is 0 Å². The summed E-state index contributed by atoms with van der Waals surface area (Å²) in [6, 6.07) is 0. The largest absolute Gasteiger partial charge is 0.618 e. The van der Waals surface area contributed by atoms with Gasteiger partial charge in [0.15, 0.2) is 0 Å². The molecule has 0 aliphatic rings. The molecule has 1 heterocycles. The molecule has 1 N–H and O–H groups in total. The summed E-state index contributed by atoms with van der Waals surface area (Å²) in [7, 11) is 1.42. The maximum atomic E-state index is 6.92. The zero-order valence-corrected chi connectivity index (χ0v) is 14.1. The van der Waals surface area contributed by atoms with Crippen LogP contribution in [0, 0.1) is 20.1 Å². The second kappa shape index (κ2) is 29.7. The van der Waals surface area contributed by atoms with Crippen LogP contribution in [0.15, 0.2) is 4.52 Å². The molecule has 0 aliphatic heterocycles. The molecule has 0 spiro atoms. The fourth-order valence-corrected chi connectivity index (χ4v) is 0.102. The first-order valence-corrected chi connectivity index (χ1v) is 1.83. The third kappa shape index (κ3) is 24.5. The summed E-state index contributed by atoms with van der Waals surface area (Å²) in [5, 5.41) is 3.06. The molecular formula is C3H6N2O2PVWY-3. The number of nitrogens with zero attached hydrogens (tertiary/aromatic N) is 2. The van der Waals surface area contributed by atoms with Crippen molar-refractivity contribution < 1.29 is 81.7 Å². The van der Waals surface area contributed by atoms with Crippen LogP contribution in [0.5, 0.6) is 0 Å². The number of hydrogen-bond acceptors (Lipinski definition) is 4. The van der Waals surface area contributed by atoms with Crippen molar-refractivity contribution in [2.75, 3.05) is 0 Å². The van der Waals surface area contributed by atoms with E-state index in [2.05, 4.69) is 27.4 Å². The minimum absolute atomic E-state index is 0. The molecule has 4 nitrogen and oxygen atoms in total. The number of rotatable bonds is 0. The van der Waals surface area contributed by atoms with Crippen molar-refractivity contribution >= 4 is 9.47 Å². The molecule has 0 aliphatic carbocycles. The normalized spacial score (nSPS) is 4.18. The fourth-order valence-electron chi connectivity index (χ4n) is 0.102. The zero-order chi connectivity index (χ0) is 5.54. The second-order valence-corrected chi connectivity index (χ2v) is 0.486. The molecule has 0 fully saturated rings. The van der Waals surface area contributed by atoms with Crippen LogP contribution in [-0.4, -0.2) is 15.0 Å². The van der Waals surface area contributed by atoms with Crippen molar-refractivity contribution in [3.8, 4) is 0 Å². The Kier molecular flexibility index (Phi) is 79.0. The second-order valence-electron chi connectivity index (χ2n) is 0.486. The molecule has 0 bridgehead atoms. The molecule has 8 heteroatoms. The van der Waals surface area contributed by atoms with Gasteiger partial charge in [0, 0.05) is 72.3 Å². The maximum Gasteiger partial charge on any atom is 0 e. The zero-order valence-electron chi connectivity index (χ0n) is 5.76. The van der Waals surface area contributed by atoms with E-state index in [4.69, 9.17) is 4.89 Å². The topological polar surface area (TPSA) is 59.2 Å². The van der Waals surface area contributed by atoms with E-state index in [0.717, 1.165) is 0 Å². The molecule has 1 rings (SSSR count). The van der Waals surface area contributed by atoms with E-state index in [1.54, 1.807) is 0 Å². The standard InChI is InChI=1S/C2N2O.CH3.H3OP.V.W.Y/c1-3-2-5-4-1;;1-2;;;/h;1H3;1H,2H2;;;/q-2;-1;;;;. The van der Waals surface area contributed by atoms with Gasteiger partial charge in [0.25, 0.3) is 0 Å². The quantitative estimate of drug-likeness (QED) is 0.437. The third-order valence-corrected chi connectivity index (χ3v) is 0.223. The summed E-state index contributed by atoms with van der Waals surface area (Å²) in [6.07, 6.45) is 4.21. The monoisotopic (exact) mass is 457 g/mol. The van der Waals surface area contributed by atoms with E-state index in [1.165, 1.54) is 9.47 Å². The average Bonchev–Trinajstić information content (AvgIpc) is 2.23. The van der Waals surface area contributed by atoms with Crippen LogP contribution < -0.4 is 0 Å². The Hall–Kier alpha value is 1.91. The molecule has 11 heavy (non-hydrogen) atoms. The van der Waals surface area contributed by atoms with Crippen LogP contribution in [-0.2, 0) is 72.3 Å². The van der Waals surface area contributed by atoms with Gasteiger partial charge < -0.3 is 27.0 Å². The SMILES string of the molecule is OP.[CH3-].[V].[W].[Y].[c-]1n[c-]on1. The van der Waals surface area contributed by atoms with Crippen molar-refractivity contribution in [3.05, 3.63) is 20.1 Å². The first-order chi connectivity index (χ1) is 3.50. The van der Waals surface area contributed by atoms with Crippen LogP contribution in [0.3, 0.4) is 0 Å². The van der Waals surface area contributed by atoms with Gasteiger partial charge in [0.2, 0.25) is 0 Å². The van der Waals surface area contributed by atoms with E-state index in [1.807, 2.05) is 0 Å². The summed E-state index contributed by atoms with van der Waals surface area (Å²) in [5.41, 5.74) is 0. The van der Waals surface area contributed by atoms with Gasteiger partial charge in [-0.2, -0.15) is 0 Å². The molecule has 0 amide bonds. The predicted molar refractivity (Wildman–Crippen MR) is 30.3 cm³/mol. The third-order valence-electron chi connectivity index (χ3n) is 0.223. The average molecular weight is 457 g/mol. The van der Waals surface area contributed by atoms with Gasteiger partial charge in [-0.25, -0.2) is 6.39 Å². The van der Waals surface area contributed by atoms with E-state index in [-0.39, 0.29) is 79.8 Å². The Labute approximate surface area is 120 Å². The fraction of sp³-hybridized carbons (Fsp3) is 0. The molecule has 62 valence electrons. The van der Waals surface area contributed by atoms with Crippen molar-refractivity contribution in [2.24, 2.45) is 0 Å². The summed E-state index contributed by atoms with van der Waals surface area (Å²) in [4.78, 5) is 10.1. The van der Waals surface area contributed by atoms with Crippen molar-refractivity contribution in [2.45, 2.75) is 0 Å². The van der Waals surface area contributed by atoms with Gasteiger partial charge in [-0.05, 0) is 9.47 Å². The van der Waals surface area contributed by atoms with E-state index >= 15 is 0 Å². The van der Waals surface area contributed by atoms with Crippen LogP contribution in [0.2, 0.25) is 0 Å². The first kappa shape index (κ1) is 29.3. The molecule has 1 aromatic heterocycles. The van der Waals surface area contributed by atoms with Gasteiger partial charge in [-0.15, -0.1) is 0 Å². The molecule has 1 aromatic rings. The van der Waals surface area contributed by atoms with Crippen molar-refractivity contribution in [1.29, 1.82) is 0 Å². The Morgan fingerprint density at radius 1 is 1.36 bits per heavy atom. The Morgan fingerprint density at radius 2 is 1.82 bits per heavy atom. The molecule has 1 unspecified atom stereocenters. The molecule has 0 aromatic carbocycles. The Balaban J connectivity index is -0.0000000189.